The number of ether oxygens (including phenoxy) is 1. The number of aliphatic imine (C=N–C) groups is 1. The summed E-state index contributed by atoms with van der Waals surface area (Å²) >= 11 is 0. The second-order valence-corrected chi connectivity index (χ2v) is 4.15. The molecule has 0 aliphatic carbocycles. The summed E-state index contributed by atoms with van der Waals surface area (Å²) in [5.41, 5.74) is 6.06. The Balaban J connectivity index is 3.18. The highest BCUT2D eigenvalue weighted by atomic mass is 16.5. The minimum absolute atomic E-state index is 0.0279. The van der Waals surface area contributed by atoms with Crippen LogP contribution in [0.1, 0.15) is 18.9 Å². The molecule has 21 heavy (non-hydrogen) atoms. The molecule has 0 aliphatic heterocycles. The summed E-state index contributed by atoms with van der Waals surface area (Å²) in [5, 5.41) is 19.0. The third kappa shape index (κ3) is 4.92. The van der Waals surface area contributed by atoms with Crippen molar-refractivity contribution in [3.8, 4) is 0 Å². The van der Waals surface area contributed by atoms with Gasteiger partial charge < -0.3 is 20.7 Å². The fourth-order valence-corrected chi connectivity index (χ4v) is 1.62. The minimum atomic E-state index is -0.732. The van der Waals surface area contributed by atoms with E-state index in [2.05, 4.69) is 4.99 Å². The number of carbonyl (C=O) groups excluding carboxylic acids is 1. The normalized spacial score (nSPS) is 12.8. The van der Waals surface area contributed by atoms with E-state index in [0.717, 1.165) is 0 Å². The standard InChI is InChI=1S/C15H20N2O4/c1-2-21-15(20)12(14(16)17-9-6-10-18)13(19)11-7-4-3-5-8-11/h3-5,7-8,18-19H,2,6,9-10H2,1H3,(H2,16,17)/b13-12-. The highest BCUT2D eigenvalue weighted by Gasteiger charge is 2.21. The molecule has 1 rings (SSSR count). The van der Waals surface area contributed by atoms with E-state index in [4.69, 9.17) is 15.6 Å². The van der Waals surface area contributed by atoms with Crippen LogP contribution in [0.15, 0.2) is 40.9 Å². The van der Waals surface area contributed by atoms with Gasteiger partial charge in [-0.3, -0.25) is 4.99 Å². The van der Waals surface area contributed by atoms with E-state index in [1.165, 1.54) is 0 Å². The Morgan fingerprint density at radius 3 is 2.57 bits per heavy atom. The molecule has 0 bridgehead atoms. The van der Waals surface area contributed by atoms with Crippen molar-refractivity contribution in [1.29, 1.82) is 0 Å². The first-order valence-corrected chi connectivity index (χ1v) is 6.68. The van der Waals surface area contributed by atoms with Crippen LogP contribution in [-0.4, -0.2) is 41.8 Å². The van der Waals surface area contributed by atoms with Gasteiger partial charge >= 0.3 is 5.97 Å². The van der Waals surface area contributed by atoms with Crippen molar-refractivity contribution in [3.05, 3.63) is 41.5 Å². The molecule has 0 amide bonds. The molecular formula is C15H20N2O4. The number of aliphatic hydroxyl groups is 2. The van der Waals surface area contributed by atoms with Gasteiger partial charge in [-0.25, -0.2) is 4.79 Å². The summed E-state index contributed by atoms with van der Waals surface area (Å²) in [6.07, 6.45) is 0.420. The number of amidine groups is 1. The van der Waals surface area contributed by atoms with Gasteiger partial charge in [-0.2, -0.15) is 0 Å². The van der Waals surface area contributed by atoms with Crippen LogP contribution >= 0.6 is 0 Å². The fraction of sp³-hybridized carbons (Fsp3) is 0.333. The van der Waals surface area contributed by atoms with Crippen LogP contribution < -0.4 is 5.73 Å². The number of esters is 1. The molecular weight excluding hydrogens is 272 g/mol. The summed E-state index contributed by atoms with van der Waals surface area (Å²) in [5.74, 6) is -1.12. The molecule has 0 aromatic heterocycles. The molecule has 0 radical (unpaired) electrons. The number of nitrogens with zero attached hydrogens (tertiary/aromatic N) is 1. The Morgan fingerprint density at radius 2 is 2.00 bits per heavy atom. The van der Waals surface area contributed by atoms with Gasteiger partial charge in [-0.1, -0.05) is 30.3 Å². The van der Waals surface area contributed by atoms with Crippen LogP contribution in [0.2, 0.25) is 0 Å². The average molecular weight is 292 g/mol. The number of rotatable bonds is 7. The maximum Gasteiger partial charge on any atom is 0.345 e. The second kappa shape index (κ2) is 8.76. The summed E-state index contributed by atoms with van der Waals surface area (Å²) in [4.78, 5) is 16.0. The number of aliphatic hydroxyl groups excluding tert-OH is 2. The maximum absolute atomic E-state index is 12.0. The van der Waals surface area contributed by atoms with Crippen LogP contribution in [0.5, 0.6) is 0 Å². The lowest BCUT2D eigenvalue weighted by Crippen LogP contribution is -2.25. The van der Waals surface area contributed by atoms with Gasteiger partial charge in [0.2, 0.25) is 0 Å². The predicted octanol–water partition coefficient (Wildman–Crippen LogP) is 1.26. The lowest BCUT2D eigenvalue weighted by atomic mass is 10.1. The van der Waals surface area contributed by atoms with E-state index < -0.39 is 5.97 Å². The maximum atomic E-state index is 12.0. The summed E-state index contributed by atoms with van der Waals surface area (Å²) < 4.78 is 4.91. The molecule has 6 nitrogen and oxygen atoms in total. The van der Waals surface area contributed by atoms with Gasteiger partial charge in [0.1, 0.15) is 17.2 Å². The molecule has 0 heterocycles. The molecule has 0 atom stereocenters. The van der Waals surface area contributed by atoms with Crippen LogP contribution in [0.4, 0.5) is 0 Å². The largest absolute Gasteiger partial charge is 0.506 e. The SMILES string of the molecule is CCOC(=O)/C(C(N)=NCCCO)=C(\O)c1ccccc1. The molecule has 1 aromatic carbocycles. The quantitative estimate of drug-likeness (QED) is 0.175. The molecule has 0 spiro atoms. The second-order valence-electron chi connectivity index (χ2n) is 4.15. The fourth-order valence-electron chi connectivity index (χ4n) is 1.62. The van der Waals surface area contributed by atoms with Crippen LogP contribution in [0, 0.1) is 0 Å². The van der Waals surface area contributed by atoms with Gasteiger partial charge in [0.05, 0.1) is 6.61 Å². The molecule has 1 aromatic rings. The Bertz CT molecular complexity index is 524. The Morgan fingerprint density at radius 1 is 1.33 bits per heavy atom. The average Bonchev–Trinajstić information content (AvgIpc) is 2.49. The first-order valence-electron chi connectivity index (χ1n) is 6.68. The lowest BCUT2D eigenvalue weighted by molar-refractivity contribution is -0.137. The summed E-state index contributed by atoms with van der Waals surface area (Å²) in [6.45, 7) is 2.05. The van der Waals surface area contributed by atoms with E-state index in [1.54, 1.807) is 37.3 Å². The Kier molecular flexibility index (Phi) is 6.97. The molecule has 0 unspecified atom stereocenters. The monoisotopic (exact) mass is 292 g/mol. The smallest absolute Gasteiger partial charge is 0.345 e. The van der Waals surface area contributed by atoms with E-state index in [1.807, 2.05) is 0 Å². The van der Waals surface area contributed by atoms with Crippen molar-refractivity contribution in [2.45, 2.75) is 13.3 Å². The number of nitrogens with two attached hydrogens (primary N) is 1. The summed E-state index contributed by atoms with van der Waals surface area (Å²) in [6, 6.07) is 8.55. The summed E-state index contributed by atoms with van der Waals surface area (Å²) in [7, 11) is 0. The molecule has 0 saturated carbocycles. The van der Waals surface area contributed by atoms with Crippen molar-refractivity contribution >= 4 is 17.6 Å². The van der Waals surface area contributed by atoms with Crippen LogP contribution in [0.3, 0.4) is 0 Å². The Hall–Kier alpha value is -2.34. The van der Waals surface area contributed by atoms with Crippen molar-refractivity contribution < 1.29 is 19.7 Å². The van der Waals surface area contributed by atoms with E-state index in [0.29, 0.717) is 12.0 Å². The van der Waals surface area contributed by atoms with E-state index in [9.17, 15) is 9.90 Å². The first kappa shape index (κ1) is 16.7. The van der Waals surface area contributed by atoms with Crippen molar-refractivity contribution in [2.24, 2.45) is 10.7 Å². The molecule has 114 valence electrons. The molecule has 4 N–H and O–H groups in total. The molecule has 0 aliphatic rings. The third-order valence-corrected chi connectivity index (χ3v) is 2.62. The van der Waals surface area contributed by atoms with Crippen LogP contribution in [-0.2, 0) is 9.53 Å². The zero-order chi connectivity index (χ0) is 15.7. The topological polar surface area (TPSA) is 105 Å². The Labute approximate surface area is 123 Å². The van der Waals surface area contributed by atoms with Crippen molar-refractivity contribution in [3.63, 3.8) is 0 Å². The lowest BCUT2D eigenvalue weighted by Gasteiger charge is -2.10. The predicted molar refractivity (Wildman–Crippen MR) is 80.8 cm³/mol. The van der Waals surface area contributed by atoms with E-state index in [-0.39, 0.29) is 36.9 Å². The molecule has 0 saturated heterocycles. The number of carbonyl (C=O) groups is 1. The van der Waals surface area contributed by atoms with Crippen LogP contribution in [0.25, 0.3) is 5.76 Å². The van der Waals surface area contributed by atoms with Gasteiger partial charge in [0.25, 0.3) is 0 Å². The van der Waals surface area contributed by atoms with Gasteiger partial charge in [0.15, 0.2) is 0 Å². The zero-order valence-electron chi connectivity index (χ0n) is 12.0. The minimum Gasteiger partial charge on any atom is -0.506 e. The van der Waals surface area contributed by atoms with E-state index >= 15 is 0 Å². The number of benzene rings is 1. The van der Waals surface area contributed by atoms with Crippen molar-refractivity contribution in [1.82, 2.24) is 0 Å². The molecule has 0 fully saturated rings. The zero-order valence-corrected chi connectivity index (χ0v) is 12.0. The first-order chi connectivity index (χ1) is 10.1. The van der Waals surface area contributed by atoms with Crippen molar-refractivity contribution in [2.75, 3.05) is 19.8 Å². The number of hydrogen-bond donors (Lipinski definition) is 3. The number of hydrogen-bond acceptors (Lipinski definition) is 5. The van der Waals surface area contributed by atoms with Gasteiger partial charge in [-0.05, 0) is 13.3 Å². The molecule has 6 heteroatoms. The van der Waals surface area contributed by atoms with Gasteiger partial charge in [-0.15, -0.1) is 0 Å². The highest BCUT2D eigenvalue weighted by molar-refractivity contribution is 6.22. The van der Waals surface area contributed by atoms with Gasteiger partial charge in [0, 0.05) is 18.7 Å². The third-order valence-electron chi connectivity index (χ3n) is 2.62. The highest BCUT2D eigenvalue weighted by Crippen LogP contribution is 2.17.